The van der Waals surface area contributed by atoms with E-state index in [2.05, 4.69) is 0 Å². The normalized spacial score (nSPS) is 12.3. The molecular weight excluding hydrogens is 379 g/mol. The van der Waals surface area contributed by atoms with Crippen LogP contribution in [-0.2, 0) is 19.6 Å². The Hall–Kier alpha value is -0.830. The number of carbonyl (C=O) groups excluding carboxylic acids is 1. The molecule has 0 spiro atoms. The molecule has 9 heteroatoms. The fraction of sp³-hybridized carbons (Fsp3) is 0.312. The maximum Gasteiger partial charge on any atom is 1.00 e. The minimum Gasteiger partial charge on any atom is -0.748 e. The van der Waals surface area contributed by atoms with Gasteiger partial charge >= 0.3 is 35.5 Å². The van der Waals surface area contributed by atoms with Gasteiger partial charge in [-0.05, 0) is 24.8 Å². The molecule has 2 aromatic rings. The van der Waals surface area contributed by atoms with Gasteiger partial charge in [0.25, 0.3) is 0 Å². The molecule has 2 aromatic carbocycles. The van der Waals surface area contributed by atoms with Crippen LogP contribution in [0.2, 0.25) is 5.02 Å². The molecule has 130 valence electrons. The van der Waals surface area contributed by atoms with Crippen LogP contribution in [0.4, 0.5) is 0 Å². The zero-order valence-corrected chi connectivity index (χ0v) is 17.5. The summed E-state index contributed by atoms with van der Waals surface area (Å²) in [5, 5.41) is 2.15. The molecule has 1 atom stereocenters. The van der Waals surface area contributed by atoms with Crippen LogP contribution in [0.3, 0.4) is 0 Å². The minimum atomic E-state index is -4.31. The average Bonchev–Trinajstić information content (AvgIpc) is 2.53. The van der Waals surface area contributed by atoms with E-state index in [0.29, 0.717) is 10.8 Å². The molecule has 0 saturated heterocycles. The SMILES string of the molecule is CC(Oc1ccc2ccccc2c1Cl)C(=O)OCCCS(=O)(=O)[O-].[Na+]. The molecule has 0 aliphatic carbocycles. The molecule has 0 aliphatic heterocycles. The molecule has 0 saturated carbocycles. The Labute approximate surface area is 173 Å². The molecule has 6 nitrogen and oxygen atoms in total. The Morgan fingerprint density at radius 2 is 1.92 bits per heavy atom. The molecule has 0 aliphatic rings. The van der Waals surface area contributed by atoms with E-state index in [1.165, 1.54) is 6.92 Å². The molecule has 0 amide bonds. The van der Waals surface area contributed by atoms with E-state index in [1.54, 1.807) is 6.07 Å². The smallest absolute Gasteiger partial charge is 0.748 e. The molecular formula is C16H16ClNaO6S. The third-order valence-electron chi connectivity index (χ3n) is 3.25. The molecule has 0 bridgehead atoms. The summed E-state index contributed by atoms with van der Waals surface area (Å²) in [6.07, 6.45) is -0.978. The van der Waals surface area contributed by atoms with E-state index in [0.717, 1.165) is 10.8 Å². The van der Waals surface area contributed by atoms with Gasteiger partial charge in [-0.25, -0.2) is 13.2 Å². The number of hydrogen-bond donors (Lipinski definition) is 0. The summed E-state index contributed by atoms with van der Waals surface area (Å²) in [5.41, 5.74) is 0. The molecule has 0 N–H and O–H groups in total. The Balaban J connectivity index is 0.00000312. The first kappa shape index (κ1) is 22.2. The largest absolute Gasteiger partial charge is 1.00 e. The summed E-state index contributed by atoms with van der Waals surface area (Å²) >= 11 is 6.29. The number of benzene rings is 2. The van der Waals surface area contributed by atoms with Crippen LogP contribution in [0.1, 0.15) is 13.3 Å². The number of ether oxygens (including phenoxy) is 2. The molecule has 2 rings (SSSR count). The third kappa shape index (κ3) is 6.77. The predicted octanol–water partition coefficient (Wildman–Crippen LogP) is -0.257. The average molecular weight is 395 g/mol. The number of fused-ring (bicyclic) bond motifs is 1. The molecule has 1 unspecified atom stereocenters. The minimum absolute atomic E-state index is 0. The number of rotatable bonds is 7. The summed E-state index contributed by atoms with van der Waals surface area (Å²) in [5.74, 6) is -0.893. The van der Waals surface area contributed by atoms with Gasteiger partial charge in [-0.1, -0.05) is 41.9 Å². The first-order valence-electron chi connectivity index (χ1n) is 7.22. The quantitative estimate of drug-likeness (QED) is 0.278. The van der Waals surface area contributed by atoms with Gasteiger partial charge in [0, 0.05) is 11.1 Å². The van der Waals surface area contributed by atoms with Crippen LogP contribution in [0.5, 0.6) is 5.75 Å². The standard InChI is InChI=1S/C16H17ClO6S.Na/c1-11(16(18)22-9-4-10-24(19,20)21)23-14-8-7-12-5-2-3-6-13(12)15(14)17;/h2-3,5-8,11H,4,9-10H2,1H3,(H,19,20,21);/q;+1/p-1. The van der Waals surface area contributed by atoms with Crippen molar-refractivity contribution in [3.8, 4) is 5.75 Å². The van der Waals surface area contributed by atoms with E-state index in [1.807, 2.05) is 30.3 Å². The first-order chi connectivity index (χ1) is 11.3. The van der Waals surface area contributed by atoms with Gasteiger partial charge in [0.1, 0.15) is 5.75 Å². The van der Waals surface area contributed by atoms with Gasteiger partial charge in [0.2, 0.25) is 0 Å². The predicted molar refractivity (Wildman–Crippen MR) is 89.2 cm³/mol. The van der Waals surface area contributed by atoms with Crippen molar-refractivity contribution in [2.24, 2.45) is 0 Å². The number of halogens is 1. The van der Waals surface area contributed by atoms with Crippen LogP contribution in [0.15, 0.2) is 36.4 Å². The Bertz CT molecular complexity index is 840. The topological polar surface area (TPSA) is 92.7 Å². The fourth-order valence-electron chi connectivity index (χ4n) is 2.07. The van der Waals surface area contributed by atoms with Crippen LogP contribution in [0.25, 0.3) is 10.8 Å². The van der Waals surface area contributed by atoms with Gasteiger partial charge < -0.3 is 14.0 Å². The molecule has 0 radical (unpaired) electrons. The van der Waals surface area contributed by atoms with Crippen LogP contribution in [-0.4, -0.2) is 37.4 Å². The van der Waals surface area contributed by atoms with E-state index in [-0.39, 0.29) is 42.6 Å². The molecule has 0 aromatic heterocycles. The van der Waals surface area contributed by atoms with Crippen molar-refractivity contribution < 1.29 is 56.8 Å². The fourth-order valence-corrected chi connectivity index (χ4v) is 2.82. The zero-order chi connectivity index (χ0) is 17.7. The van der Waals surface area contributed by atoms with E-state index in [9.17, 15) is 17.8 Å². The van der Waals surface area contributed by atoms with Crippen molar-refractivity contribution in [2.45, 2.75) is 19.4 Å². The van der Waals surface area contributed by atoms with Crippen molar-refractivity contribution in [1.82, 2.24) is 0 Å². The monoisotopic (exact) mass is 394 g/mol. The van der Waals surface area contributed by atoms with Gasteiger partial charge in [0.15, 0.2) is 6.10 Å². The summed E-state index contributed by atoms with van der Waals surface area (Å²) in [4.78, 5) is 11.8. The third-order valence-corrected chi connectivity index (χ3v) is 4.43. The summed E-state index contributed by atoms with van der Waals surface area (Å²) in [6, 6.07) is 11.0. The number of esters is 1. The van der Waals surface area contributed by atoms with Crippen molar-refractivity contribution in [3.05, 3.63) is 41.4 Å². The Morgan fingerprint density at radius 1 is 1.24 bits per heavy atom. The second-order valence-electron chi connectivity index (χ2n) is 5.14. The van der Waals surface area contributed by atoms with E-state index in [4.69, 9.17) is 21.1 Å². The zero-order valence-electron chi connectivity index (χ0n) is 13.9. The maximum atomic E-state index is 11.8. The number of hydrogen-bond acceptors (Lipinski definition) is 6. The van der Waals surface area contributed by atoms with Gasteiger partial charge in [0.05, 0.1) is 21.7 Å². The Kier molecular flexibility index (Phi) is 8.67. The van der Waals surface area contributed by atoms with E-state index >= 15 is 0 Å². The summed E-state index contributed by atoms with van der Waals surface area (Å²) < 4.78 is 41.8. The van der Waals surface area contributed by atoms with Gasteiger partial charge in [-0.15, -0.1) is 0 Å². The first-order valence-corrected chi connectivity index (χ1v) is 9.17. The summed E-state index contributed by atoms with van der Waals surface area (Å²) in [7, 11) is -4.31. The van der Waals surface area contributed by atoms with Crippen LogP contribution >= 0.6 is 11.6 Å². The van der Waals surface area contributed by atoms with Crippen LogP contribution < -0.4 is 34.3 Å². The van der Waals surface area contributed by atoms with Gasteiger partial charge in [-0.3, -0.25) is 0 Å². The van der Waals surface area contributed by atoms with Gasteiger partial charge in [-0.2, -0.15) is 0 Å². The van der Waals surface area contributed by atoms with E-state index < -0.39 is 27.9 Å². The molecule has 0 fully saturated rings. The van der Waals surface area contributed by atoms with Crippen molar-refractivity contribution >= 4 is 38.5 Å². The second-order valence-corrected chi connectivity index (χ2v) is 7.04. The van der Waals surface area contributed by atoms with Crippen molar-refractivity contribution in [1.29, 1.82) is 0 Å². The summed E-state index contributed by atoms with van der Waals surface area (Å²) in [6.45, 7) is 1.33. The second kappa shape index (κ2) is 9.75. The molecule has 25 heavy (non-hydrogen) atoms. The Morgan fingerprint density at radius 3 is 2.60 bits per heavy atom. The molecule has 0 heterocycles. The van der Waals surface area contributed by atoms with Crippen molar-refractivity contribution in [3.63, 3.8) is 0 Å². The maximum absolute atomic E-state index is 11.8. The van der Waals surface area contributed by atoms with Crippen LogP contribution in [0, 0.1) is 0 Å². The van der Waals surface area contributed by atoms with Crippen molar-refractivity contribution in [2.75, 3.05) is 12.4 Å². The number of carbonyl (C=O) groups is 1.